The fourth-order valence-electron chi connectivity index (χ4n) is 4.81. The first-order valence-electron chi connectivity index (χ1n) is 10.0. The topological polar surface area (TPSA) is 69.0 Å². The fraction of sp³-hybridized carbons (Fsp3) is 0.348. The highest BCUT2D eigenvalue weighted by molar-refractivity contribution is 5.94. The minimum absolute atomic E-state index is 0.0645. The molecule has 6 nitrogen and oxygen atoms in total. The van der Waals surface area contributed by atoms with Gasteiger partial charge in [0.2, 0.25) is 0 Å². The molecule has 1 saturated heterocycles. The number of hydrogen-bond acceptors (Lipinski definition) is 4. The van der Waals surface area contributed by atoms with Crippen molar-refractivity contribution in [1.82, 2.24) is 20.1 Å². The summed E-state index contributed by atoms with van der Waals surface area (Å²) in [6.45, 7) is 5.10. The second-order valence-electron chi connectivity index (χ2n) is 8.42. The highest BCUT2D eigenvalue weighted by Crippen LogP contribution is 2.52. The molecule has 3 aromatic rings. The van der Waals surface area contributed by atoms with Gasteiger partial charge in [-0.2, -0.15) is 5.10 Å². The van der Waals surface area contributed by atoms with Gasteiger partial charge in [-0.1, -0.05) is 32.0 Å². The molecule has 148 valence electrons. The smallest absolute Gasteiger partial charge is 0.272 e. The third-order valence-corrected chi connectivity index (χ3v) is 6.29. The Morgan fingerprint density at radius 2 is 2.03 bits per heavy atom. The van der Waals surface area contributed by atoms with Gasteiger partial charge in [-0.15, -0.1) is 0 Å². The van der Waals surface area contributed by atoms with Crippen molar-refractivity contribution in [2.45, 2.75) is 32.4 Å². The number of pyridine rings is 1. The van der Waals surface area contributed by atoms with Crippen LogP contribution in [0.5, 0.6) is 0 Å². The number of rotatable bonds is 4. The molecule has 6 heteroatoms. The zero-order valence-corrected chi connectivity index (χ0v) is 16.6. The van der Waals surface area contributed by atoms with E-state index in [-0.39, 0.29) is 23.5 Å². The van der Waals surface area contributed by atoms with Gasteiger partial charge in [0.1, 0.15) is 0 Å². The Balaban J connectivity index is 1.48. The summed E-state index contributed by atoms with van der Waals surface area (Å²) < 4.78 is 7.65. The van der Waals surface area contributed by atoms with Gasteiger partial charge in [-0.3, -0.25) is 9.78 Å². The Labute approximate surface area is 169 Å². The Morgan fingerprint density at radius 3 is 2.79 bits per heavy atom. The van der Waals surface area contributed by atoms with E-state index in [1.165, 1.54) is 0 Å². The molecule has 5 rings (SSSR count). The van der Waals surface area contributed by atoms with E-state index < -0.39 is 0 Å². The van der Waals surface area contributed by atoms with Gasteiger partial charge in [-0.05, 0) is 36.8 Å². The van der Waals surface area contributed by atoms with E-state index >= 15 is 0 Å². The second kappa shape index (κ2) is 6.81. The van der Waals surface area contributed by atoms with Crippen LogP contribution in [-0.4, -0.2) is 39.4 Å². The lowest BCUT2D eigenvalue weighted by molar-refractivity contribution is -0.108. The third kappa shape index (κ3) is 2.95. The maximum atomic E-state index is 13.1. The predicted molar refractivity (Wildman–Crippen MR) is 110 cm³/mol. The molecule has 1 amide bonds. The van der Waals surface area contributed by atoms with E-state index in [1.807, 2.05) is 48.5 Å². The van der Waals surface area contributed by atoms with Crippen LogP contribution >= 0.6 is 0 Å². The van der Waals surface area contributed by atoms with Gasteiger partial charge >= 0.3 is 0 Å². The molecule has 1 aliphatic carbocycles. The number of ether oxygens (including phenoxy) is 1. The molecule has 2 aliphatic rings. The van der Waals surface area contributed by atoms with Crippen LogP contribution in [0.2, 0.25) is 0 Å². The molecule has 0 radical (unpaired) electrons. The predicted octanol–water partition coefficient (Wildman–Crippen LogP) is 3.48. The molecule has 0 bridgehead atoms. The molecule has 29 heavy (non-hydrogen) atoms. The number of fused-ring (bicyclic) bond motifs is 1. The van der Waals surface area contributed by atoms with Crippen molar-refractivity contribution in [3.8, 4) is 16.9 Å². The molecule has 0 spiro atoms. The maximum absolute atomic E-state index is 13.1. The lowest BCUT2D eigenvalue weighted by Crippen LogP contribution is -2.66. The van der Waals surface area contributed by atoms with Gasteiger partial charge in [0, 0.05) is 41.9 Å². The number of nitrogens with zero attached hydrogens (tertiary/aromatic N) is 3. The van der Waals surface area contributed by atoms with Crippen molar-refractivity contribution >= 4 is 5.91 Å². The Morgan fingerprint density at radius 1 is 1.21 bits per heavy atom. The largest absolute Gasteiger partial charge is 0.377 e. The average molecular weight is 388 g/mol. The van der Waals surface area contributed by atoms with Gasteiger partial charge in [0.25, 0.3) is 5.91 Å². The van der Waals surface area contributed by atoms with Crippen molar-refractivity contribution < 1.29 is 9.53 Å². The van der Waals surface area contributed by atoms with Crippen molar-refractivity contribution in [1.29, 1.82) is 0 Å². The van der Waals surface area contributed by atoms with Crippen LogP contribution in [0.3, 0.4) is 0 Å². The summed E-state index contributed by atoms with van der Waals surface area (Å²) in [5.41, 5.74) is 3.00. The average Bonchev–Trinajstić information content (AvgIpc) is 3.40. The molecule has 1 N–H and O–H groups in total. The number of nitrogens with one attached hydrogen (secondary N) is 1. The van der Waals surface area contributed by atoms with Crippen LogP contribution in [-0.2, 0) is 4.74 Å². The highest BCUT2D eigenvalue weighted by atomic mass is 16.5. The lowest BCUT2D eigenvalue weighted by atomic mass is 9.57. The van der Waals surface area contributed by atoms with Crippen molar-refractivity contribution in [2.75, 3.05) is 6.61 Å². The van der Waals surface area contributed by atoms with E-state index in [9.17, 15) is 4.79 Å². The van der Waals surface area contributed by atoms with Crippen LogP contribution < -0.4 is 5.32 Å². The monoisotopic (exact) mass is 388 g/mol. The maximum Gasteiger partial charge on any atom is 0.272 e. The SMILES string of the molecule is CC1(C)C(NC(=O)c2cc(-c3cccnc3)n(-c3ccccc3)n2)C2CCOC21. The van der Waals surface area contributed by atoms with E-state index in [1.54, 1.807) is 17.1 Å². The Bertz CT molecular complexity index is 973. The molecule has 2 fully saturated rings. The minimum Gasteiger partial charge on any atom is -0.377 e. The van der Waals surface area contributed by atoms with E-state index in [0.29, 0.717) is 11.6 Å². The summed E-state index contributed by atoms with van der Waals surface area (Å²) in [6, 6.07) is 15.6. The normalized spacial score (nSPS) is 24.6. The van der Waals surface area contributed by atoms with E-state index in [2.05, 4.69) is 29.2 Å². The molecule has 2 aromatic heterocycles. The summed E-state index contributed by atoms with van der Waals surface area (Å²) in [4.78, 5) is 17.3. The highest BCUT2D eigenvalue weighted by Gasteiger charge is 2.59. The van der Waals surface area contributed by atoms with Crippen LogP contribution in [0, 0.1) is 11.3 Å². The van der Waals surface area contributed by atoms with Crippen molar-refractivity contribution in [3.63, 3.8) is 0 Å². The molecule has 3 atom stereocenters. The first-order chi connectivity index (χ1) is 14.1. The van der Waals surface area contributed by atoms with Gasteiger partial charge in [-0.25, -0.2) is 4.68 Å². The minimum atomic E-state index is -0.145. The number of amides is 1. The molecule has 1 aromatic carbocycles. The zero-order chi connectivity index (χ0) is 20.0. The third-order valence-electron chi connectivity index (χ3n) is 6.29. The number of carbonyl (C=O) groups excluding carboxylic acids is 1. The van der Waals surface area contributed by atoms with Crippen LogP contribution in [0.4, 0.5) is 0 Å². The molecule has 1 aliphatic heterocycles. The summed E-state index contributed by atoms with van der Waals surface area (Å²) in [5, 5.41) is 7.87. The van der Waals surface area contributed by atoms with Crippen molar-refractivity contribution in [3.05, 3.63) is 66.6 Å². The van der Waals surface area contributed by atoms with Gasteiger partial charge < -0.3 is 10.1 Å². The standard InChI is InChI=1S/C23H24N4O2/c1-23(2)20(17-10-12-29-21(17)23)25-22(28)18-13-19(15-7-6-11-24-14-15)27(26-18)16-8-4-3-5-9-16/h3-9,11,13-14,17,20-21H,10,12H2,1-2H3,(H,25,28). The van der Waals surface area contributed by atoms with E-state index in [0.717, 1.165) is 30.0 Å². The van der Waals surface area contributed by atoms with Crippen LogP contribution in [0.15, 0.2) is 60.9 Å². The fourth-order valence-corrected chi connectivity index (χ4v) is 4.81. The first kappa shape index (κ1) is 18.1. The van der Waals surface area contributed by atoms with E-state index in [4.69, 9.17) is 4.74 Å². The summed E-state index contributed by atoms with van der Waals surface area (Å²) >= 11 is 0. The van der Waals surface area contributed by atoms with Crippen LogP contribution in [0.1, 0.15) is 30.8 Å². The number of para-hydroxylation sites is 1. The summed E-state index contributed by atoms with van der Waals surface area (Å²) in [5.74, 6) is 0.246. The molecule has 1 saturated carbocycles. The number of carbonyl (C=O) groups is 1. The molecular formula is C23H24N4O2. The van der Waals surface area contributed by atoms with Crippen LogP contribution in [0.25, 0.3) is 16.9 Å². The molecule has 3 heterocycles. The second-order valence-corrected chi connectivity index (χ2v) is 8.42. The quantitative estimate of drug-likeness (QED) is 0.743. The molecule has 3 unspecified atom stereocenters. The van der Waals surface area contributed by atoms with Gasteiger partial charge in [0.05, 0.1) is 17.5 Å². The summed E-state index contributed by atoms with van der Waals surface area (Å²) in [6.07, 6.45) is 4.76. The lowest BCUT2D eigenvalue weighted by Gasteiger charge is -2.54. The summed E-state index contributed by atoms with van der Waals surface area (Å²) in [7, 11) is 0. The van der Waals surface area contributed by atoms with Crippen molar-refractivity contribution in [2.24, 2.45) is 11.3 Å². The zero-order valence-electron chi connectivity index (χ0n) is 16.6. The Hall–Kier alpha value is -2.99. The number of hydrogen-bond donors (Lipinski definition) is 1. The van der Waals surface area contributed by atoms with Gasteiger partial charge in [0.15, 0.2) is 5.69 Å². The number of benzene rings is 1. The molecular weight excluding hydrogens is 364 g/mol. The Kier molecular flexibility index (Phi) is 4.24. The number of aromatic nitrogens is 3. The first-order valence-corrected chi connectivity index (χ1v) is 10.0.